The van der Waals surface area contributed by atoms with Gasteiger partial charge in [0.15, 0.2) is 5.54 Å². The molecule has 3 N–H and O–H groups in total. The second-order valence-electron chi connectivity index (χ2n) is 9.14. The molecule has 2 aromatic carbocycles. The fraction of sp³-hybridized carbons (Fsp3) is 0.387. The average Bonchev–Trinajstić information content (AvgIpc) is 3.57. The predicted molar refractivity (Wildman–Crippen MR) is 173 cm³/mol. The van der Waals surface area contributed by atoms with Gasteiger partial charge in [-0.25, -0.2) is 9.59 Å². The van der Waals surface area contributed by atoms with E-state index in [-0.39, 0.29) is 31.1 Å². The molecule has 1 aliphatic rings. The van der Waals surface area contributed by atoms with Crippen LogP contribution in [0.4, 0.5) is 0 Å². The number of nitrogens with one attached hydrogen (secondary N) is 1. The van der Waals surface area contributed by atoms with Gasteiger partial charge in [0.05, 0.1) is 33.3 Å². The van der Waals surface area contributed by atoms with Gasteiger partial charge in [-0.05, 0) is 68.5 Å². The second-order valence-corrected chi connectivity index (χ2v) is 10.8. The quantitative estimate of drug-likeness (QED) is 0.139. The van der Waals surface area contributed by atoms with Crippen LogP contribution in [0.3, 0.4) is 0 Å². The van der Waals surface area contributed by atoms with Crippen LogP contribution in [0, 0.1) is 0 Å². The lowest BCUT2D eigenvalue weighted by molar-refractivity contribution is -0.153. The summed E-state index contributed by atoms with van der Waals surface area (Å²) in [4.78, 5) is 35.2. The molecule has 0 spiro atoms. The van der Waals surface area contributed by atoms with Crippen LogP contribution < -0.4 is 11.1 Å². The van der Waals surface area contributed by atoms with Gasteiger partial charge in [-0.2, -0.15) is 0 Å². The van der Waals surface area contributed by atoms with Crippen molar-refractivity contribution in [2.75, 3.05) is 26.4 Å². The maximum absolute atomic E-state index is 12.3. The van der Waals surface area contributed by atoms with Gasteiger partial charge in [-0.1, -0.05) is 70.7 Å². The molecule has 3 rings (SSSR count). The van der Waals surface area contributed by atoms with Crippen LogP contribution in [0.2, 0.25) is 20.1 Å². The van der Waals surface area contributed by atoms with Crippen molar-refractivity contribution in [3.8, 4) is 0 Å². The normalized spacial score (nSPS) is 14.7. The van der Waals surface area contributed by atoms with E-state index >= 15 is 0 Å². The third-order valence-electron chi connectivity index (χ3n) is 6.16. The lowest BCUT2D eigenvalue weighted by Gasteiger charge is -2.30. The average molecular weight is 676 g/mol. The molecule has 1 aliphatic heterocycles. The molecule has 12 heteroatoms. The Balaban J connectivity index is 0.000000370. The van der Waals surface area contributed by atoms with Crippen LogP contribution in [0.5, 0.6) is 0 Å². The highest BCUT2D eigenvalue weighted by molar-refractivity contribution is 6.42. The minimum Gasteiger partial charge on any atom is -0.464 e. The zero-order valence-corrected chi connectivity index (χ0v) is 27.3. The lowest BCUT2D eigenvalue weighted by Crippen LogP contribution is -2.49. The molecule has 236 valence electrons. The fourth-order valence-electron chi connectivity index (χ4n) is 3.94. The largest absolute Gasteiger partial charge is 0.464 e. The van der Waals surface area contributed by atoms with Crippen LogP contribution in [0.15, 0.2) is 61.7 Å². The van der Waals surface area contributed by atoms with Crippen molar-refractivity contribution in [1.82, 2.24) is 5.32 Å². The van der Waals surface area contributed by atoms with Gasteiger partial charge in [0.2, 0.25) is 6.41 Å². The van der Waals surface area contributed by atoms with E-state index in [1.54, 1.807) is 50.3 Å². The number of benzene rings is 2. The minimum atomic E-state index is -1.35. The van der Waals surface area contributed by atoms with E-state index in [2.05, 4.69) is 18.5 Å². The standard InChI is InChI=1S/C14H15Cl2NO3.C13H15Cl2NO2.C4H8O/c1-3-7-14(17-9-18,13(19)20-4-2)10-5-6-11(15)12(16)8-10;1-3-7-13(16,12(17)18-4-2)9-5-6-10(14)11(15)8-9;1-2-4-5-3-1/h3,5-6,8-9H,1,4,7H2,2H3,(H,17,18);3,5-6,8H,1,4,7,16H2,2H3;1-4H2. The molecular weight excluding hydrogens is 638 g/mol. The van der Waals surface area contributed by atoms with E-state index in [0.29, 0.717) is 32.6 Å². The number of esters is 2. The number of hydrogen-bond donors (Lipinski definition) is 2. The summed E-state index contributed by atoms with van der Waals surface area (Å²) in [6.45, 7) is 13.1. The summed E-state index contributed by atoms with van der Waals surface area (Å²) in [5.41, 5.74) is 4.53. The van der Waals surface area contributed by atoms with Crippen molar-refractivity contribution in [3.05, 3.63) is 92.9 Å². The number of rotatable bonds is 12. The summed E-state index contributed by atoms with van der Waals surface area (Å²) in [6.07, 6.45) is 6.52. The van der Waals surface area contributed by atoms with Gasteiger partial charge < -0.3 is 25.3 Å². The van der Waals surface area contributed by atoms with Crippen molar-refractivity contribution in [3.63, 3.8) is 0 Å². The second kappa shape index (κ2) is 19.6. The van der Waals surface area contributed by atoms with Crippen molar-refractivity contribution in [1.29, 1.82) is 0 Å². The Kier molecular flexibility index (Phi) is 17.6. The molecule has 0 saturated carbocycles. The topological polar surface area (TPSA) is 117 Å². The number of hydrogen-bond acceptors (Lipinski definition) is 7. The summed E-state index contributed by atoms with van der Waals surface area (Å²) in [6, 6.07) is 9.54. The van der Waals surface area contributed by atoms with Crippen LogP contribution in [0.1, 0.15) is 50.7 Å². The van der Waals surface area contributed by atoms with E-state index < -0.39 is 23.0 Å². The van der Waals surface area contributed by atoms with Crippen LogP contribution in [0.25, 0.3) is 0 Å². The Hall–Kier alpha value is -2.59. The predicted octanol–water partition coefficient (Wildman–Crippen LogP) is 7.16. The highest BCUT2D eigenvalue weighted by atomic mass is 35.5. The number of nitrogens with two attached hydrogens (primary N) is 1. The smallest absolute Gasteiger partial charge is 0.336 e. The summed E-state index contributed by atoms with van der Waals surface area (Å²) >= 11 is 23.6. The van der Waals surface area contributed by atoms with Gasteiger partial charge >= 0.3 is 11.9 Å². The first-order valence-electron chi connectivity index (χ1n) is 13.5. The maximum Gasteiger partial charge on any atom is 0.336 e. The molecule has 1 fully saturated rings. The van der Waals surface area contributed by atoms with Crippen LogP contribution >= 0.6 is 46.4 Å². The first-order chi connectivity index (χ1) is 20.5. The van der Waals surface area contributed by atoms with Crippen LogP contribution in [-0.4, -0.2) is 44.8 Å². The first-order valence-corrected chi connectivity index (χ1v) is 15.0. The Morgan fingerprint density at radius 2 is 1.35 bits per heavy atom. The Morgan fingerprint density at radius 3 is 1.77 bits per heavy atom. The highest BCUT2D eigenvalue weighted by Crippen LogP contribution is 2.33. The third-order valence-corrected chi connectivity index (χ3v) is 7.64. The van der Waals surface area contributed by atoms with Crippen molar-refractivity contribution in [2.24, 2.45) is 5.73 Å². The van der Waals surface area contributed by atoms with Crippen molar-refractivity contribution >= 4 is 64.8 Å². The SMILES string of the molecule is C1CCOC1.C=CCC(N)(C(=O)OCC)c1ccc(Cl)c(Cl)c1.C=CCC(NC=O)(C(=O)OCC)c1ccc(Cl)c(Cl)c1. The summed E-state index contributed by atoms with van der Waals surface area (Å²) in [7, 11) is 0. The summed E-state index contributed by atoms with van der Waals surface area (Å²) in [5.74, 6) is -1.09. The zero-order chi connectivity index (χ0) is 32.5. The number of amides is 1. The van der Waals surface area contributed by atoms with Gasteiger partial charge in [0, 0.05) is 19.6 Å². The molecule has 1 saturated heterocycles. The Bertz CT molecular complexity index is 1220. The third kappa shape index (κ3) is 11.1. The first kappa shape index (κ1) is 38.4. The molecular formula is C31H38Cl4N2O6. The van der Waals surface area contributed by atoms with E-state index in [4.69, 9.17) is 66.3 Å². The highest BCUT2D eigenvalue weighted by Gasteiger charge is 2.41. The Morgan fingerprint density at radius 1 is 0.860 bits per heavy atom. The van der Waals surface area contributed by atoms with Crippen molar-refractivity contribution < 1.29 is 28.6 Å². The number of halogens is 4. The van der Waals surface area contributed by atoms with Gasteiger partial charge in [-0.3, -0.25) is 4.79 Å². The number of ether oxygens (including phenoxy) is 3. The number of carbonyl (C=O) groups is 3. The molecule has 0 aromatic heterocycles. The molecule has 2 unspecified atom stereocenters. The Labute approximate surface area is 273 Å². The minimum absolute atomic E-state index is 0.169. The van der Waals surface area contributed by atoms with Gasteiger partial charge in [0.1, 0.15) is 5.54 Å². The molecule has 0 aliphatic carbocycles. The van der Waals surface area contributed by atoms with Crippen LogP contribution in [-0.2, 0) is 39.7 Å². The summed E-state index contributed by atoms with van der Waals surface area (Å²) < 4.78 is 15.0. The van der Waals surface area contributed by atoms with E-state index in [1.165, 1.54) is 25.0 Å². The molecule has 2 atom stereocenters. The summed E-state index contributed by atoms with van der Waals surface area (Å²) in [5, 5.41) is 3.91. The van der Waals surface area contributed by atoms with Gasteiger partial charge in [0.25, 0.3) is 0 Å². The van der Waals surface area contributed by atoms with Gasteiger partial charge in [-0.15, -0.1) is 13.2 Å². The monoisotopic (exact) mass is 674 g/mol. The molecule has 2 aromatic rings. The molecule has 1 heterocycles. The van der Waals surface area contributed by atoms with E-state index in [9.17, 15) is 14.4 Å². The molecule has 0 radical (unpaired) electrons. The molecule has 43 heavy (non-hydrogen) atoms. The van der Waals surface area contributed by atoms with E-state index in [0.717, 1.165) is 13.2 Å². The van der Waals surface area contributed by atoms with E-state index in [1.807, 2.05) is 0 Å². The number of carbonyl (C=O) groups excluding carboxylic acids is 3. The molecule has 0 bridgehead atoms. The maximum atomic E-state index is 12.3. The van der Waals surface area contributed by atoms with Crippen molar-refractivity contribution in [2.45, 2.75) is 50.6 Å². The zero-order valence-electron chi connectivity index (χ0n) is 24.3. The molecule has 1 amide bonds. The lowest BCUT2D eigenvalue weighted by atomic mass is 9.86. The molecule has 8 nitrogen and oxygen atoms in total. The fourth-order valence-corrected chi connectivity index (χ4v) is 4.54.